The number of benzene rings is 2. The fourth-order valence-corrected chi connectivity index (χ4v) is 2.56. The first kappa shape index (κ1) is 17.8. The van der Waals surface area contributed by atoms with E-state index < -0.39 is 5.91 Å². The van der Waals surface area contributed by atoms with Gasteiger partial charge in [0.2, 0.25) is 5.91 Å². The summed E-state index contributed by atoms with van der Waals surface area (Å²) in [4.78, 5) is 27.5. The van der Waals surface area contributed by atoms with Gasteiger partial charge in [-0.2, -0.15) is 4.98 Å². The van der Waals surface area contributed by atoms with Crippen molar-refractivity contribution in [3.63, 3.8) is 0 Å². The highest BCUT2D eigenvalue weighted by Gasteiger charge is 2.12. The van der Waals surface area contributed by atoms with Crippen molar-refractivity contribution in [1.29, 1.82) is 0 Å². The van der Waals surface area contributed by atoms with E-state index in [2.05, 4.69) is 20.9 Å². The van der Waals surface area contributed by atoms with Crippen LogP contribution in [0.1, 0.15) is 17.3 Å². The van der Waals surface area contributed by atoms with Gasteiger partial charge in [0, 0.05) is 29.3 Å². The van der Waals surface area contributed by atoms with Crippen molar-refractivity contribution in [3.8, 4) is 0 Å². The predicted molar refractivity (Wildman–Crippen MR) is 103 cm³/mol. The predicted octanol–water partition coefficient (Wildman–Crippen LogP) is 3.57. The SMILES string of the molecule is CC(=O)Nc1ccc2nc(NC(=S)NC(=O)c3cccc(Cl)c3)oc2c1. The van der Waals surface area contributed by atoms with Crippen LogP contribution in [0, 0.1) is 0 Å². The number of fused-ring (bicyclic) bond motifs is 1. The number of thiocarbonyl (C=S) groups is 1. The molecule has 2 aromatic carbocycles. The van der Waals surface area contributed by atoms with E-state index in [0.29, 0.717) is 27.4 Å². The van der Waals surface area contributed by atoms with Crippen molar-refractivity contribution >= 4 is 63.5 Å². The fraction of sp³-hybridized carbons (Fsp3) is 0.0588. The number of oxazole rings is 1. The number of carbonyl (C=O) groups is 2. The van der Waals surface area contributed by atoms with Crippen molar-refractivity contribution in [3.05, 3.63) is 53.1 Å². The molecule has 0 saturated heterocycles. The molecule has 0 spiro atoms. The summed E-state index contributed by atoms with van der Waals surface area (Å²) in [5.74, 6) is -0.596. The van der Waals surface area contributed by atoms with E-state index >= 15 is 0 Å². The molecule has 0 bridgehead atoms. The Labute approximate surface area is 158 Å². The van der Waals surface area contributed by atoms with Gasteiger partial charge < -0.3 is 9.73 Å². The molecule has 1 heterocycles. The standard InChI is InChI=1S/C17H13ClN4O3S/c1-9(23)19-12-5-6-13-14(8-12)25-16(20-13)22-17(26)21-15(24)10-3-2-4-11(18)7-10/h2-8H,1H3,(H,19,23)(H2,20,21,22,24,26). The molecule has 1 aromatic heterocycles. The molecule has 0 unspecified atom stereocenters. The third kappa shape index (κ3) is 4.35. The Bertz CT molecular complexity index is 1020. The lowest BCUT2D eigenvalue weighted by Crippen LogP contribution is -2.34. The summed E-state index contributed by atoms with van der Waals surface area (Å²) in [6.45, 7) is 1.42. The number of aromatic nitrogens is 1. The van der Waals surface area contributed by atoms with Crippen molar-refractivity contribution in [2.45, 2.75) is 6.92 Å². The van der Waals surface area contributed by atoms with E-state index in [0.717, 1.165) is 0 Å². The number of anilines is 2. The van der Waals surface area contributed by atoms with Crippen LogP contribution < -0.4 is 16.0 Å². The number of amides is 2. The third-order valence-electron chi connectivity index (χ3n) is 3.24. The lowest BCUT2D eigenvalue weighted by atomic mass is 10.2. The number of halogens is 1. The Balaban J connectivity index is 1.69. The lowest BCUT2D eigenvalue weighted by Gasteiger charge is -2.06. The van der Waals surface area contributed by atoms with Gasteiger partial charge in [-0.25, -0.2) is 0 Å². The van der Waals surface area contributed by atoms with Crippen LogP contribution in [-0.2, 0) is 4.79 Å². The van der Waals surface area contributed by atoms with Crippen LogP contribution >= 0.6 is 23.8 Å². The highest BCUT2D eigenvalue weighted by Crippen LogP contribution is 2.22. The van der Waals surface area contributed by atoms with E-state index in [-0.39, 0.29) is 17.0 Å². The summed E-state index contributed by atoms with van der Waals surface area (Å²) in [6, 6.07) is 11.6. The molecule has 3 rings (SSSR count). The molecule has 0 aliphatic heterocycles. The first-order valence-corrected chi connectivity index (χ1v) is 8.25. The van der Waals surface area contributed by atoms with Crippen molar-refractivity contribution < 1.29 is 14.0 Å². The maximum atomic E-state index is 12.1. The van der Waals surface area contributed by atoms with Gasteiger partial charge in [-0.15, -0.1) is 0 Å². The summed E-state index contributed by atoms with van der Waals surface area (Å²) in [7, 11) is 0. The van der Waals surface area contributed by atoms with Crippen LogP contribution in [0.25, 0.3) is 11.1 Å². The molecular formula is C17H13ClN4O3S. The molecule has 0 aliphatic rings. The van der Waals surface area contributed by atoms with E-state index in [1.807, 2.05) is 0 Å². The molecule has 9 heteroatoms. The second-order valence-electron chi connectivity index (χ2n) is 5.30. The molecule has 3 aromatic rings. The third-order valence-corrected chi connectivity index (χ3v) is 3.68. The molecule has 3 N–H and O–H groups in total. The normalized spacial score (nSPS) is 10.4. The minimum atomic E-state index is -0.408. The number of nitrogens with one attached hydrogen (secondary N) is 3. The second-order valence-corrected chi connectivity index (χ2v) is 6.15. The van der Waals surface area contributed by atoms with Gasteiger partial charge in [-0.1, -0.05) is 17.7 Å². The van der Waals surface area contributed by atoms with Crippen LogP contribution in [0.15, 0.2) is 46.9 Å². The number of rotatable bonds is 3. The van der Waals surface area contributed by atoms with Gasteiger partial charge in [0.15, 0.2) is 10.7 Å². The van der Waals surface area contributed by atoms with Gasteiger partial charge >= 0.3 is 6.01 Å². The number of hydrogen-bond donors (Lipinski definition) is 3. The minimum absolute atomic E-state index is 0.0311. The lowest BCUT2D eigenvalue weighted by molar-refractivity contribution is -0.114. The summed E-state index contributed by atoms with van der Waals surface area (Å²) in [5.41, 5.74) is 2.00. The Morgan fingerprint density at radius 3 is 2.69 bits per heavy atom. The zero-order valence-corrected chi connectivity index (χ0v) is 15.1. The smallest absolute Gasteiger partial charge is 0.302 e. The van der Waals surface area contributed by atoms with Gasteiger partial charge in [-0.05, 0) is 42.5 Å². The van der Waals surface area contributed by atoms with E-state index in [9.17, 15) is 9.59 Å². The average molecular weight is 389 g/mol. The molecule has 26 heavy (non-hydrogen) atoms. The van der Waals surface area contributed by atoms with Crippen LogP contribution in [0.4, 0.5) is 11.7 Å². The van der Waals surface area contributed by atoms with Gasteiger partial charge in [0.25, 0.3) is 5.91 Å². The zero-order chi connectivity index (χ0) is 18.7. The van der Waals surface area contributed by atoms with Crippen LogP contribution in [0.3, 0.4) is 0 Å². The molecule has 0 atom stereocenters. The number of nitrogens with zero attached hydrogens (tertiary/aromatic N) is 1. The van der Waals surface area contributed by atoms with Crippen LogP contribution in [-0.4, -0.2) is 21.9 Å². The van der Waals surface area contributed by atoms with E-state index in [1.165, 1.54) is 13.0 Å². The molecule has 7 nitrogen and oxygen atoms in total. The monoisotopic (exact) mass is 388 g/mol. The Kier molecular flexibility index (Phi) is 5.15. The Morgan fingerprint density at radius 2 is 1.96 bits per heavy atom. The van der Waals surface area contributed by atoms with Crippen LogP contribution in [0.2, 0.25) is 5.02 Å². The highest BCUT2D eigenvalue weighted by atomic mass is 35.5. The molecule has 132 valence electrons. The maximum Gasteiger partial charge on any atom is 0.302 e. The summed E-state index contributed by atoms with van der Waals surface area (Å²) >= 11 is 11.0. The molecule has 0 saturated carbocycles. The topological polar surface area (TPSA) is 96.3 Å². The van der Waals surface area contributed by atoms with Gasteiger partial charge in [-0.3, -0.25) is 20.2 Å². The van der Waals surface area contributed by atoms with E-state index in [1.54, 1.807) is 36.4 Å². The molecule has 0 fully saturated rings. The maximum absolute atomic E-state index is 12.1. The second kappa shape index (κ2) is 7.51. The van der Waals surface area contributed by atoms with Gasteiger partial charge in [0.05, 0.1) is 0 Å². The van der Waals surface area contributed by atoms with E-state index in [4.69, 9.17) is 28.2 Å². The van der Waals surface area contributed by atoms with Crippen LogP contribution in [0.5, 0.6) is 0 Å². The molecule has 2 amide bonds. The minimum Gasteiger partial charge on any atom is -0.423 e. The summed E-state index contributed by atoms with van der Waals surface area (Å²) < 4.78 is 5.53. The van der Waals surface area contributed by atoms with Crippen molar-refractivity contribution in [1.82, 2.24) is 10.3 Å². The average Bonchev–Trinajstić information content (AvgIpc) is 2.95. The molecule has 0 aliphatic carbocycles. The largest absolute Gasteiger partial charge is 0.423 e. The summed E-state index contributed by atoms with van der Waals surface area (Å²) in [5, 5.41) is 8.36. The number of hydrogen-bond acceptors (Lipinski definition) is 5. The van der Waals surface area contributed by atoms with Crippen molar-refractivity contribution in [2.75, 3.05) is 10.6 Å². The Hall–Kier alpha value is -2.97. The van der Waals surface area contributed by atoms with Crippen molar-refractivity contribution in [2.24, 2.45) is 0 Å². The first-order valence-electron chi connectivity index (χ1n) is 7.47. The Morgan fingerprint density at radius 1 is 1.15 bits per heavy atom. The van der Waals surface area contributed by atoms with Gasteiger partial charge in [0.1, 0.15) is 5.52 Å². The number of carbonyl (C=O) groups excluding carboxylic acids is 2. The quantitative estimate of drug-likeness (QED) is 0.593. The molecule has 0 radical (unpaired) electrons. The summed E-state index contributed by atoms with van der Waals surface area (Å²) in [6.07, 6.45) is 0. The highest BCUT2D eigenvalue weighted by molar-refractivity contribution is 7.80. The fourth-order valence-electron chi connectivity index (χ4n) is 2.19. The first-order chi connectivity index (χ1) is 12.4. The molecular weight excluding hydrogens is 376 g/mol. The zero-order valence-electron chi connectivity index (χ0n) is 13.5.